The highest BCUT2D eigenvalue weighted by Crippen LogP contribution is 2.43. The molecule has 0 atom stereocenters. The quantitative estimate of drug-likeness (QED) is 0.190. The Kier molecular flexibility index (Phi) is 5.96. The van der Waals surface area contributed by atoms with Gasteiger partial charge in [-0.05, 0) is 88.5 Å². The smallest absolute Gasteiger partial charge is 0.143 e. The largest absolute Gasteiger partial charge is 0.456 e. The molecule has 0 aliphatic carbocycles. The summed E-state index contributed by atoms with van der Waals surface area (Å²) in [6.45, 7) is 0. The first-order valence-corrected chi connectivity index (χ1v) is 17.3. The molecule has 3 heterocycles. The molecule has 0 saturated carbocycles. The average molecular weight is 652 g/mol. The number of rotatable bonds is 4. The average Bonchev–Trinajstić information content (AvgIpc) is 3.87. The number of furan rings is 2. The molecule has 0 aliphatic rings. The lowest BCUT2D eigenvalue weighted by Gasteiger charge is -2.13. The fourth-order valence-electron chi connectivity index (χ4n) is 8.11. The first-order valence-electron chi connectivity index (χ1n) is 17.3. The molecule has 3 nitrogen and oxygen atoms in total. The molecule has 0 saturated heterocycles. The Morgan fingerprint density at radius 2 is 0.922 bits per heavy atom. The zero-order valence-corrected chi connectivity index (χ0v) is 27.5. The van der Waals surface area contributed by atoms with E-state index in [1.165, 1.54) is 21.8 Å². The summed E-state index contributed by atoms with van der Waals surface area (Å²) >= 11 is 0. The standard InChI is InChI=1S/C48H29NO2/c1-2-12-30(13-3-1)31-26-32(28-33(27-31)36-18-10-19-40-39-16-6-9-22-44(39)51-48(36)40)35-17-11-23-46-47(35)41-29-34(24-25-45(41)50-46)49-42-20-7-4-14-37(42)38-15-5-8-21-43(38)49/h1-29H. The third-order valence-electron chi connectivity index (χ3n) is 10.4. The van der Waals surface area contributed by atoms with Crippen LogP contribution in [0.15, 0.2) is 185 Å². The zero-order chi connectivity index (χ0) is 33.5. The van der Waals surface area contributed by atoms with Gasteiger partial charge >= 0.3 is 0 Å². The zero-order valence-electron chi connectivity index (χ0n) is 27.5. The lowest BCUT2D eigenvalue weighted by atomic mass is 9.91. The minimum absolute atomic E-state index is 0.868. The highest BCUT2D eigenvalue weighted by molar-refractivity contribution is 6.15. The van der Waals surface area contributed by atoms with Crippen LogP contribution < -0.4 is 0 Å². The van der Waals surface area contributed by atoms with E-state index < -0.39 is 0 Å². The van der Waals surface area contributed by atoms with Gasteiger partial charge in [0, 0.05) is 43.6 Å². The Balaban J connectivity index is 1.17. The first-order chi connectivity index (χ1) is 25.3. The van der Waals surface area contributed by atoms with Crippen molar-refractivity contribution in [2.24, 2.45) is 0 Å². The van der Waals surface area contributed by atoms with Crippen LogP contribution in [0.3, 0.4) is 0 Å². The number of para-hydroxylation sites is 4. The van der Waals surface area contributed by atoms with Crippen molar-refractivity contribution < 1.29 is 8.83 Å². The molecule has 3 heteroatoms. The van der Waals surface area contributed by atoms with Crippen molar-refractivity contribution in [3.05, 3.63) is 176 Å². The van der Waals surface area contributed by atoms with Crippen LogP contribution in [0, 0.1) is 0 Å². The number of hydrogen-bond acceptors (Lipinski definition) is 2. The molecule has 0 spiro atoms. The highest BCUT2D eigenvalue weighted by atomic mass is 16.3. The van der Waals surface area contributed by atoms with Crippen molar-refractivity contribution in [2.75, 3.05) is 0 Å². The first kappa shape index (κ1) is 28.0. The number of fused-ring (bicyclic) bond motifs is 9. The molecule has 8 aromatic carbocycles. The number of nitrogens with zero attached hydrogens (tertiary/aromatic N) is 1. The van der Waals surface area contributed by atoms with Crippen molar-refractivity contribution >= 4 is 65.7 Å². The molecule has 11 rings (SSSR count). The second-order valence-electron chi connectivity index (χ2n) is 13.3. The van der Waals surface area contributed by atoms with Crippen molar-refractivity contribution in [1.29, 1.82) is 0 Å². The van der Waals surface area contributed by atoms with Gasteiger partial charge in [0.15, 0.2) is 0 Å². The van der Waals surface area contributed by atoms with Gasteiger partial charge in [-0.1, -0.05) is 115 Å². The lowest BCUT2D eigenvalue weighted by Crippen LogP contribution is -1.93. The summed E-state index contributed by atoms with van der Waals surface area (Å²) in [7, 11) is 0. The van der Waals surface area contributed by atoms with Crippen molar-refractivity contribution in [3.8, 4) is 39.1 Å². The van der Waals surface area contributed by atoms with Gasteiger partial charge in [0.2, 0.25) is 0 Å². The molecule has 0 amide bonds. The van der Waals surface area contributed by atoms with Gasteiger partial charge in [0.05, 0.1) is 11.0 Å². The highest BCUT2D eigenvalue weighted by Gasteiger charge is 2.19. The van der Waals surface area contributed by atoms with Gasteiger partial charge in [-0.25, -0.2) is 0 Å². The van der Waals surface area contributed by atoms with Crippen LogP contribution in [0.2, 0.25) is 0 Å². The van der Waals surface area contributed by atoms with E-state index in [0.717, 1.165) is 82.9 Å². The summed E-state index contributed by atoms with van der Waals surface area (Å²) in [6.07, 6.45) is 0. The number of benzene rings is 8. The normalized spacial score (nSPS) is 11.9. The fourth-order valence-corrected chi connectivity index (χ4v) is 8.11. The Labute approximate surface area is 293 Å². The third kappa shape index (κ3) is 4.25. The predicted molar refractivity (Wildman–Crippen MR) is 212 cm³/mol. The maximum Gasteiger partial charge on any atom is 0.143 e. The summed E-state index contributed by atoms with van der Waals surface area (Å²) < 4.78 is 15.5. The molecule has 3 aromatic heterocycles. The molecule has 0 N–H and O–H groups in total. The van der Waals surface area contributed by atoms with Crippen LogP contribution in [-0.4, -0.2) is 4.57 Å². The Hall–Kier alpha value is -6.84. The molecule has 238 valence electrons. The number of aromatic nitrogens is 1. The Morgan fingerprint density at radius 3 is 1.73 bits per heavy atom. The van der Waals surface area contributed by atoms with Gasteiger partial charge in [0.1, 0.15) is 22.3 Å². The van der Waals surface area contributed by atoms with Gasteiger partial charge in [0.25, 0.3) is 0 Å². The van der Waals surface area contributed by atoms with Crippen LogP contribution in [0.1, 0.15) is 0 Å². The maximum absolute atomic E-state index is 6.56. The third-order valence-corrected chi connectivity index (χ3v) is 10.4. The lowest BCUT2D eigenvalue weighted by molar-refractivity contribution is 0.669. The van der Waals surface area contributed by atoms with Crippen LogP contribution in [0.5, 0.6) is 0 Å². The topological polar surface area (TPSA) is 31.2 Å². The molecule has 0 unspecified atom stereocenters. The minimum atomic E-state index is 0.868. The van der Waals surface area contributed by atoms with Crippen molar-refractivity contribution in [2.45, 2.75) is 0 Å². The van der Waals surface area contributed by atoms with E-state index >= 15 is 0 Å². The minimum Gasteiger partial charge on any atom is -0.456 e. The van der Waals surface area contributed by atoms with Gasteiger partial charge in [-0.2, -0.15) is 0 Å². The van der Waals surface area contributed by atoms with E-state index in [1.54, 1.807) is 0 Å². The molecule has 0 fully saturated rings. The number of hydrogen-bond donors (Lipinski definition) is 0. The Bertz CT molecular complexity index is 3090. The maximum atomic E-state index is 6.56. The Morgan fingerprint density at radius 1 is 0.333 bits per heavy atom. The van der Waals surface area contributed by atoms with E-state index in [-0.39, 0.29) is 0 Å². The van der Waals surface area contributed by atoms with Crippen molar-refractivity contribution in [3.63, 3.8) is 0 Å². The van der Waals surface area contributed by atoms with Gasteiger partial charge in [-0.3, -0.25) is 0 Å². The molecule has 51 heavy (non-hydrogen) atoms. The second kappa shape index (κ2) is 10.8. The summed E-state index contributed by atoms with van der Waals surface area (Å²) in [4.78, 5) is 0. The van der Waals surface area contributed by atoms with Crippen LogP contribution in [0.4, 0.5) is 0 Å². The molecular weight excluding hydrogens is 623 g/mol. The summed E-state index contributed by atoms with van der Waals surface area (Å²) in [6, 6.07) is 62.5. The molecular formula is C48H29NO2. The molecule has 0 radical (unpaired) electrons. The van der Waals surface area contributed by atoms with E-state index in [9.17, 15) is 0 Å². The van der Waals surface area contributed by atoms with E-state index in [2.05, 4.69) is 168 Å². The van der Waals surface area contributed by atoms with Gasteiger partial charge < -0.3 is 13.4 Å². The summed E-state index contributed by atoms with van der Waals surface area (Å²) in [5, 5.41) is 6.93. The van der Waals surface area contributed by atoms with Crippen molar-refractivity contribution in [1.82, 2.24) is 4.57 Å². The predicted octanol–water partition coefficient (Wildman–Crippen LogP) is 13.6. The van der Waals surface area contributed by atoms with E-state index in [1.807, 2.05) is 12.1 Å². The summed E-state index contributed by atoms with van der Waals surface area (Å²) in [5.41, 5.74) is 13.7. The van der Waals surface area contributed by atoms with Crippen LogP contribution >= 0.6 is 0 Å². The SMILES string of the molecule is c1ccc(-c2cc(-c3cccc4c3oc3ccccc34)cc(-c3cccc4oc5ccc(-n6c7ccccc7c7ccccc76)cc5c34)c2)cc1. The molecule has 11 aromatic rings. The summed E-state index contributed by atoms with van der Waals surface area (Å²) in [5.74, 6) is 0. The van der Waals surface area contributed by atoms with E-state index in [4.69, 9.17) is 8.83 Å². The second-order valence-corrected chi connectivity index (χ2v) is 13.3. The van der Waals surface area contributed by atoms with Crippen LogP contribution in [0.25, 0.3) is 105 Å². The van der Waals surface area contributed by atoms with Gasteiger partial charge in [-0.15, -0.1) is 0 Å². The monoisotopic (exact) mass is 651 g/mol. The fraction of sp³-hybridized carbons (Fsp3) is 0. The molecule has 0 bridgehead atoms. The van der Waals surface area contributed by atoms with E-state index in [0.29, 0.717) is 0 Å². The van der Waals surface area contributed by atoms with Crippen LogP contribution in [-0.2, 0) is 0 Å². The molecule has 0 aliphatic heterocycles.